The molecule has 5 atom stereocenters. The van der Waals surface area contributed by atoms with Crippen molar-refractivity contribution in [2.45, 2.75) is 51.1 Å². The first-order valence-electron chi connectivity index (χ1n) is 9.54. The smallest absolute Gasteiger partial charge is 0.344 e. The summed E-state index contributed by atoms with van der Waals surface area (Å²) in [7, 11) is -4.04. The second-order valence-electron chi connectivity index (χ2n) is 8.30. The van der Waals surface area contributed by atoms with Crippen molar-refractivity contribution in [3.63, 3.8) is 0 Å². The zero-order valence-corrected chi connectivity index (χ0v) is 18.2. The van der Waals surface area contributed by atoms with Crippen LogP contribution < -0.4 is 0 Å². The molecule has 2 bridgehead atoms. The van der Waals surface area contributed by atoms with Crippen LogP contribution in [0.2, 0.25) is 0 Å². The zero-order chi connectivity index (χ0) is 23.2. The first kappa shape index (κ1) is 23.2. The Kier molecular flexibility index (Phi) is 5.91. The van der Waals surface area contributed by atoms with E-state index in [0.717, 1.165) is 0 Å². The Morgan fingerprint density at radius 1 is 1.03 bits per heavy atom. The summed E-state index contributed by atoms with van der Waals surface area (Å²) < 4.78 is 51.2. The number of rotatable bonds is 8. The maximum atomic E-state index is 12.6. The van der Waals surface area contributed by atoms with Crippen LogP contribution in [0.25, 0.3) is 0 Å². The molecule has 0 aromatic carbocycles. The molecule has 172 valence electrons. The molecule has 0 aromatic heterocycles. The first-order chi connectivity index (χ1) is 14.3. The summed E-state index contributed by atoms with van der Waals surface area (Å²) in [5, 5.41) is -1.00. The standard InChI is InChI=1S/C19H24O11S/c1-10(2)17(23)26-6-14(22)29-15-16-19(9-28-12(4)21)7-18(15,8-27-11(3)20)5-13(19)31(24,25)30-16/h13,15-16H,1,5-9H2,2-4H3. The highest BCUT2D eigenvalue weighted by molar-refractivity contribution is 7.87. The van der Waals surface area contributed by atoms with Gasteiger partial charge in [0.1, 0.15) is 25.4 Å². The molecule has 11 nitrogen and oxygen atoms in total. The van der Waals surface area contributed by atoms with Gasteiger partial charge < -0.3 is 18.9 Å². The summed E-state index contributed by atoms with van der Waals surface area (Å²) in [5.41, 5.74) is -2.12. The minimum Gasteiger partial charge on any atom is -0.465 e. The molecule has 1 heterocycles. The van der Waals surface area contributed by atoms with E-state index >= 15 is 0 Å². The normalized spacial score (nSPS) is 34.1. The molecule has 31 heavy (non-hydrogen) atoms. The molecule has 0 aromatic rings. The summed E-state index contributed by atoms with van der Waals surface area (Å²) in [6.45, 7) is 6.03. The number of hydrogen-bond donors (Lipinski definition) is 0. The molecule has 0 N–H and O–H groups in total. The lowest BCUT2D eigenvalue weighted by Gasteiger charge is -2.37. The van der Waals surface area contributed by atoms with Gasteiger partial charge in [0, 0.05) is 24.8 Å². The predicted octanol–water partition coefficient (Wildman–Crippen LogP) is 0.0211. The highest BCUT2D eigenvalue weighted by Gasteiger charge is 2.80. The second kappa shape index (κ2) is 7.90. The fraction of sp³-hybridized carbons (Fsp3) is 0.684. The Hall–Kier alpha value is -2.47. The third kappa shape index (κ3) is 4.05. The quantitative estimate of drug-likeness (QED) is 0.209. The molecule has 0 spiro atoms. The Morgan fingerprint density at radius 2 is 1.65 bits per heavy atom. The third-order valence-corrected chi connectivity index (χ3v) is 7.79. The lowest BCUT2D eigenvalue weighted by molar-refractivity contribution is -0.176. The van der Waals surface area contributed by atoms with Crippen LogP contribution in [0, 0.1) is 10.8 Å². The van der Waals surface area contributed by atoms with Gasteiger partial charge in [0.25, 0.3) is 10.1 Å². The summed E-state index contributed by atoms with van der Waals surface area (Å²) >= 11 is 0. The number of fused-ring (bicyclic) bond motifs is 1. The van der Waals surface area contributed by atoms with Crippen molar-refractivity contribution in [3.8, 4) is 0 Å². The van der Waals surface area contributed by atoms with Gasteiger partial charge in [0.15, 0.2) is 6.61 Å². The predicted molar refractivity (Wildman–Crippen MR) is 101 cm³/mol. The minimum absolute atomic E-state index is 0.0100. The van der Waals surface area contributed by atoms with Gasteiger partial charge in [-0.1, -0.05) is 6.58 Å². The molecule has 0 amide bonds. The minimum atomic E-state index is -4.04. The number of hydrogen-bond acceptors (Lipinski definition) is 11. The first-order valence-corrected chi connectivity index (χ1v) is 11.0. The SMILES string of the molecule is C=C(C)C(=O)OCC(=O)OC1C2OS(=O)(=O)C3CC1(COC(C)=O)CC23COC(C)=O. The molecular weight excluding hydrogens is 436 g/mol. The molecule has 3 fully saturated rings. The molecule has 5 unspecified atom stereocenters. The van der Waals surface area contributed by atoms with Crippen molar-refractivity contribution in [1.82, 2.24) is 0 Å². The lowest BCUT2D eigenvalue weighted by atomic mass is 9.77. The molecule has 3 aliphatic rings. The molecule has 2 aliphatic carbocycles. The van der Waals surface area contributed by atoms with Crippen LogP contribution in [0.1, 0.15) is 33.6 Å². The Bertz CT molecular complexity index is 939. The van der Waals surface area contributed by atoms with Crippen LogP contribution in [0.5, 0.6) is 0 Å². The fourth-order valence-corrected chi connectivity index (χ4v) is 6.91. The largest absolute Gasteiger partial charge is 0.465 e. The van der Waals surface area contributed by atoms with Crippen LogP contribution in [-0.4, -0.2) is 69.6 Å². The zero-order valence-electron chi connectivity index (χ0n) is 17.4. The van der Waals surface area contributed by atoms with Crippen LogP contribution in [0.15, 0.2) is 12.2 Å². The number of carbonyl (C=O) groups excluding carboxylic acids is 4. The van der Waals surface area contributed by atoms with E-state index in [4.69, 9.17) is 23.1 Å². The van der Waals surface area contributed by atoms with Crippen LogP contribution >= 0.6 is 0 Å². The maximum absolute atomic E-state index is 12.6. The summed E-state index contributed by atoms with van der Waals surface area (Å²) in [5.74, 6) is -2.90. The van der Waals surface area contributed by atoms with Crippen LogP contribution in [0.3, 0.4) is 0 Å². The van der Waals surface area contributed by atoms with E-state index < -0.39 is 68.9 Å². The average molecular weight is 460 g/mol. The monoisotopic (exact) mass is 460 g/mol. The molecule has 0 radical (unpaired) electrons. The lowest BCUT2D eigenvalue weighted by Crippen LogP contribution is -2.51. The molecule has 1 aliphatic heterocycles. The van der Waals surface area contributed by atoms with Crippen molar-refractivity contribution in [2.75, 3.05) is 19.8 Å². The van der Waals surface area contributed by atoms with E-state index in [1.807, 2.05) is 0 Å². The van der Waals surface area contributed by atoms with Gasteiger partial charge in [0.2, 0.25) is 0 Å². The summed E-state index contributed by atoms with van der Waals surface area (Å²) in [4.78, 5) is 46.7. The number of carbonyl (C=O) groups is 4. The van der Waals surface area contributed by atoms with Crippen LogP contribution in [-0.2, 0) is 52.4 Å². The van der Waals surface area contributed by atoms with Gasteiger partial charge in [-0.05, 0) is 19.8 Å². The molecule has 3 rings (SSSR count). The van der Waals surface area contributed by atoms with E-state index in [0.29, 0.717) is 0 Å². The van der Waals surface area contributed by atoms with Crippen molar-refractivity contribution in [3.05, 3.63) is 12.2 Å². The van der Waals surface area contributed by atoms with Gasteiger partial charge in [-0.15, -0.1) is 0 Å². The molecule has 12 heteroatoms. The Balaban J connectivity index is 1.88. The fourth-order valence-electron chi connectivity index (χ4n) is 4.79. The summed E-state index contributed by atoms with van der Waals surface area (Å²) in [6, 6.07) is 0. The topological polar surface area (TPSA) is 149 Å². The highest BCUT2D eigenvalue weighted by atomic mass is 32.2. The Morgan fingerprint density at radius 3 is 2.23 bits per heavy atom. The summed E-state index contributed by atoms with van der Waals surface area (Å²) in [6.07, 6.45) is -2.12. The Labute approximate surface area is 179 Å². The van der Waals surface area contributed by atoms with E-state index in [1.165, 1.54) is 20.8 Å². The van der Waals surface area contributed by atoms with E-state index in [9.17, 15) is 27.6 Å². The second-order valence-corrected chi connectivity index (χ2v) is 10.0. The van der Waals surface area contributed by atoms with Gasteiger partial charge in [-0.3, -0.25) is 13.8 Å². The molecular formula is C19H24O11S. The third-order valence-electron chi connectivity index (χ3n) is 5.98. The van der Waals surface area contributed by atoms with E-state index in [2.05, 4.69) is 6.58 Å². The molecule has 1 saturated heterocycles. The van der Waals surface area contributed by atoms with Crippen molar-refractivity contribution in [2.24, 2.45) is 10.8 Å². The number of esters is 4. The van der Waals surface area contributed by atoms with Crippen molar-refractivity contribution >= 4 is 34.0 Å². The highest BCUT2D eigenvalue weighted by Crippen LogP contribution is 2.69. The average Bonchev–Trinajstić information content (AvgIpc) is 3.18. The van der Waals surface area contributed by atoms with Gasteiger partial charge in [-0.25, -0.2) is 9.59 Å². The molecule has 2 saturated carbocycles. The van der Waals surface area contributed by atoms with Gasteiger partial charge >= 0.3 is 23.9 Å². The van der Waals surface area contributed by atoms with Crippen LogP contribution in [0.4, 0.5) is 0 Å². The van der Waals surface area contributed by atoms with E-state index in [-0.39, 0.29) is 31.6 Å². The van der Waals surface area contributed by atoms with Gasteiger partial charge in [-0.2, -0.15) is 8.42 Å². The van der Waals surface area contributed by atoms with Crippen molar-refractivity contribution in [1.29, 1.82) is 0 Å². The van der Waals surface area contributed by atoms with E-state index in [1.54, 1.807) is 0 Å². The number of ether oxygens (including phenoxy) is 4. The maximum Gasteiger partial charge on any atom is 0.344 e. The van der Waals surface area contributed by atoms with Crippen molar-refractivity contribution < 1.29 is 50.7 Å². The van der Waals surface area contributed by atoms with Gasteiger partial charge in [0.05, 0.1) is 10.7 Å².